The second-order valence-corrected chi connectivity index (χ2v) is 12.6. The number of nitrogens with one attached hydrogen (secondary N) is 1. The van der Waals surface area contributed by atoms with E-state index in [4.69, 9.17) is 20.0 Å². The van der Waals surface area contributed by atoms with Gasteiger partial charge in [0.15, 0.2) is 15.2 Å². The summed E-state index contributed by atoms with van der Waals surface area (Å²) in [4.78, 5) is 61.6. The molecule has 0 spiro atoms. The third-order valence-corrected chi connectivity index (χ3v) is 9.75. The minimum Gasteiger partial charge on any atom is -0.428 e. The highest BCUT2D eigenvalue weighted by Gasteiger charge is 2.54. The maximum atomic E-state index is 13.3. The van der Waals surface area contributed by atoms with E-state index in [-0.39, 0.29) is 28.7 Å². The first kappa shape index (κ1) is 30.7. The smallest absolute Gasteiger partial charge is 0.357 e. The molecule has 0 saturated carbocycles. The van der Waals surface area contributed by atoms with Crippen molar-refractivity contribution in [2.24, 2.45) is 5.16 Å². The van der Waals surface area contributed by atoms with Gasteiger partial charge in [0.05, 0.1) is 0 Å². The Hall–Kier alpha value is -3.22. The summed E-state index contributed by atoms with van der Waals surface area (Å²) in [5, 5.41) is 15.4. The molecule has 0 aliphatic carbocycles. The number of nitrogens with two attached hydrogens (primary N) is 1. The van der Waals surface area contributed by atoms with Gasteiger partial charge in [-0.1, -0.05) is 48.0 Å². The number of anilines is 1. The molecule has 2 aromatic rings. The van der Waals surface area contributed by atoms with Crippen LogP contribution < -0.4 is 11.1 Å². The molecule has 3 N–H and O–H groups in total. The molecule has 2 aromatic heterocycles. The highest BCUT2D eigenvalue weighted by atomic mass is 32.2. The summed E-state index contributed by atoms with van der Waals surface area (Å²) >= 11 is 5.24. The van der Waals surface area contributed by atoms with Crippen molar-refractivity contribution in [1.82, 2.24) is 25.4 Å². The molecule has 4 rings (SSSR count). The van der Waals surface area contributed by atoms with Gasteiger partial charge in [-0.05, 0) is 12.0 Å². The molecule has 1 saturated heterocycles. The minimum atomic E-state index is -0.943. The molecule has 2 aliphatic heterocycles. The molecule has 0 radical (unpaired) electrons. The zero-order chi connectivity index (χ0) is 29.4. The summed E-state index contributed by atoms with van der Waals surface area (Å²) in [6.45, 7) is 1.45. The van der Waals surface area contributed by atoms with Crippen molar-refractivity contribution in [2.45, 2.75) is 48.4 Å². The molecule has 1 fully saturated rings. The van der Waals surface area contributed by atoms with Gasteiger partial charge in [-0.15, -0.1) is 33.3 Å². The van der Waals surface area contributed by atoms with Crippen LogP contribution in [0.1, 0.15) is 38.3 Å². The monoisotopic (exact) mass is 641 g/mol. The topological polar surface area (TPSA) is 188 Å². The van der Waals surface area contributed by atoms with Crippen LogP contribution in [0.3, 0.4) is 0 Å². The van der Waals surface area contributed by atoms with E-state index in [1.165, 1.54) is 46.9 Å². The Morgan fingerprint density at radius 1 is 1.27 bits per heavy atom. The predicted octanol–water partition coefficient (Wildman–Crippen LogP) is 2.00. The van der Waals surface area contributed by atoms with Gasteiger partial charge in [-0.2, -0.15) is 0 Å². The number of carbonyl (C=O) groups excluding carboxylic acids is 4. The summed E-state index contributed by atoms with van der Waals surface area (Å²) < 4.78 is 11.0. The normalized spacial score (nSPS) is 18.4. The number of ether oxygens (including phenoxy) is 2. The number of carbonyl (C=O) groups is 4. The molecule has 0 aromatic carbocycles. The van der Waals surface area contributed by atoms with Crippen LogP contribution in [0.2, 0.25) is 0 Å². The Bertz CT molecular complexity index is 1330. The first-order chi connectivity index (χ1) is 19.8. The number of thiazole rings is 1. The Morgan fingerprint density at radius 2 is 2.10 bits per heavy atom. The average molecular weight is 642 g/mol. The third-order valence-electron chi connectivity index (χ3n) is 5.79. The number of rotatable bonds is 14. The Labute approximate surface area is 251 Å². The summed E-state index contributed by atoms with van der Waals surface area (Å²) in [5.41, 5.74) is 8.04. The van der Waals surface area contributed by atoms with Gasteiger partial charge in [-0.25, -0.2) is 9.78 Å². The maximum Gasteiger partial charge on any atom is 0.357 e. The lowest BCUT2D eigenvalue weighted by Crippen LogP contribution is -2.71. The van der Waals surface area contributed by atoms with Crippen LogP contribution in [0.5, 0.6) is 0 Å². The largest absolute Gasteiger partial charge is 0.428 e. The number of esters is 2. The van der Waals surface area contributed by atoms with E-state index in [2.05, 4.69) is 25.7 Å². The lowest BCUT2D eigenvalue weighted by Gasteiger charge is -2.49. The van der Waals surface area contributed by atoms with Crippen molar-refractivity contribution < 1.29 is 33.5 Å². The number of aromatic nitrogens is 3. The van der Waals surface area contributed by atoms with Crippen LogP contribution in [0.25, 0.3) is 0 Å². The van der Waals surface area contributed by atoms with Crippen LogP contribution in [0, 0.1) is 0 Å². The van der Waals surface area contributed by atoms with Crippen molar-refractivity contribution in [1.29, 1.82) is 0 Å². The van der Waals surface area contributed by atoms with Crippen molar-refractivity contribution in [3.05, 3.63) is 27.9 Å². The van der Waals surface area contributed by atoms with Crippen molar-refractivity contribution in [3.63, 3.8) is 0 Å². The van der Waals surface area contributed by atoms with Gasteiger partial charge in [0, 0.05) is 23.3 Å². The average Bonchev–Trinajstić information content (AvgIpc) is 3.64. The number of nitrogen functional groups attached to an aromatic ring is 1. The molecule has 0 bridgehead atoms. The molecule has 2 aliphatic rings. The first-order valence-electron chi connectivity index (χ1n) is 12.4. The van der Waals surface area contributed by atoms with Crippen LogP contribution >= 0.6 is 46.2 Å². The van der Waals surface area contributed by atoms with Crippen molar-refractivity contribution in [2.75, 3.05) is 31.1 Å². The Balaban J connectivity index is 1.46. The van der Waals surface area contributed by atoms with Gasteiger partial charge < -0.3 is 25.4 Å². The zero-order valence-corrected chi connectivity index (χ0v) is 25.3. The lowest BCUT2D eigenvalue weighted by molar-refractivity contribution is -0.168. The Morgan fingerprint density at radius 3 is 2.78 bits per heavy atom. The number of amides is 2. The molecule has 220 valence electrons. The number of hydrogen-bond donors (Lipinski definition) is 2. The quantitative estimate of drug-likeness (QED) is 0.0580. The highest BCUT2D eigenvalue weighted by molar-refractivity contribution is 8.01. The molecule has 2 atom stereocenters. The summed E-state index contributed by atoms with van der Waals surface area (Å²) in [7, 11) is 1.28. The van der Waals surface area contributed by atoms with E-state index in [0.717, 1.165) is 24.2 Å². The molecule has 4 heterocycles. The second-order valence-electron chi connectivity index (χ2n) is 8.52. The molecule has 41 heavy (non-hydrogen) atoms. The number of nitrogens with zero attached hydrogens (tertiary/aromatic N) is 5. The van der Waals surface area contributed by atoms with Gasteiger partial charge in [0.1, 0.15) is 35.4 Å². The molecule has 1 unspecified atom stereocenters. The van der Waals surface area contributed by atoms with Crippen LogP contribution in [-0.2, 0) is 33.5 Å². The predicted molar refractivity (Wildman–Crippen MR) is 154 cm³/mol. The van der Waals surface area contributed by atoms with E-state index in [1.807, 2.05) is 6.92 Å². The van der Waals surface area contributed by atoms with Gasteiger partial charge in [-0.3, -0.25) is 19.3 Å². The van der Waals surface area contributed by atoms with Crippen LogP contribution in [0.4, 0.5) is 5.13 Å². The number of fused-ring (bicyclic) bond motifs is 1. The van der Waals surface area contributed by atoms with Crippen molar-refractivity contribution >= 4 is 80.8 Å². The Kier molecular flexibility index (Phi) is 10.9. The highest BCUT2D eigenvalue weighted by Crippen LogP contribution is 2.42. The SMILES string of the molecule is CCCCCC(=O)OCOC(=O)C1=C(CSc2nncs2)CS[C@H]2C(NC(=O)C(=NOC)c3csc(N)n3)C(=O)N12. The van der Waals surface area contributed by atoms with E-state index in [9.17, 15) is 19.2 Å². The fourth-order valence-electron chi connectivity index (χ4n) is 3.87. The van der Waals surface area contributed by atoms with Gasteiger partial charge in [0.2, 0.25) is 6.79 Å². The summed E-state index contributed by atoms with van der Waals surface area (Å²) in [6.07, 6.45) is 2.76. The van der Waals surface area contributed by atoms with E-state index in [0.29, 0.717) is 27.8 Å². The number of hydrogen-bond acceptors (Lipinski definition) is 16. The first-order valence-corrected chi connectivity index (χ1v) is 16.1. The molecule has 14 nitrogen and oxygen atoms in total. The number of unbranched alkanes of at least 4 members (excludes halogenated alkanes) is 2. The van der Waals surface area contributed by atoms with Gasteiger partial charge >= 0.3 is 11.9 Å². The van der Waals surface area contributed by atoms with E-state index >= 15 is 0 Å². The zero-order valence-electron chi connectivity index (χ0n) is 22.1. The van der Waals surface area contributed by atoms with Crippen LogP contribution in [0.15, 0.2) is 31.7 Å². The minimum absolute atomic E-state index is 0.0568. The van der Waals surface area contributed by atoms with E-state index in [1.54, 1.807) is 10.9 Å². The molecular weight excluding hydrogens is 615 g/mol. The lowest BCUT2D eigenvalue weighted by atomic mass is 10.0. The molecule has 2 amide bonds. The molecular formula is C23H27N7O7S4. The fourth-order valence-corrected chi connectivity index (χ4v) is 7.39. The fraction of sp³-hybridized carbons (Fsp3) is 0.478. The van der Waals surface area contributed by atoms with Crippen molar-refractivity contribution in [3.8, 4) is 0 Å². The summed E-state index contributed by atoms with van der Waals surface area (Å²) in [5.74, 6) is -1.73. The van der Waals surface area contributed by atoms with Crippen LogP contribution in [-0.4, -0.2) is 86.4 Å². The second kappa shape index (κ2) is 14.6. The van der Waals surface area contributed by atoms with E-state index < -0.39 is 42.0 Å². The maximum absolute atomic E-state index is 13.3. The third kappa shape index (κ3) is 7.55. The summed E-state index contributed by atoms with van der Waals surface area (Å²) in [6, 6.07) is -0.943. The number of oxime groups is 1. The van der Waals surface area contributed by atoms with Gasteiger partial charge in [0.25, 0.3) is 11.8 Å². The standard InChI is InChI=1S/C23H27N7O7S4/c1-3-4-5-6-14(31)36-11-37-21(34)17-12(8-40-23-28-25-10-41-23)7-38-20-16(19(33)30(17)20)27-18(32)15(29-35-2)13-9-39-22(24)26-13/h9-10,16,20H,3-8,11H2,1-2H3,(H2,24,26)(H,27,32)/t16?,20-/m0/s1. The molecule has 18 heteroatoms. The number of thioether (sulfide) groups is 2. The number of β-lactam (4-membered cyclic amide) rings is 1.